The third kappa shape index (κ3) is 3.47. The van der Waals surface area contributed by atoms with Gasteiger partial charge < -0.3 is 14.8 Å². The first-order valence-corrected chi connectivity index (χ1v) is 7.25. The molecular formula is C16H17BrFNO2. The summed E-state index contributed by atoms with van der Waals surface area (Å²) in [5.41, 5.74) is 2.35. The van der Waals surface area contributed by atoms with Crippen molar-refractivity contribution in [2.24, 2.45) is 0 Å². The lowest BCUT2D eigenvalue weighted by atomic mass is 10.1. The summed E-state index contributed by atoms with van der Waals surface area (Å²) in [6, 6.07) is 8.80. The highest BCUT2D eigenvalue weighted by Gasteiger charge is 2.11. The van der Waals surface area contributed by atoms with Crippen molar-refractivity contribution in [1.29, 1.82) is 0 Å². The highest BCUT2D eigenvalue weighted by atomic mass is 79.9. The number of benzene rings is 2. The number of nitrogens with one attached hydrogen (secondary N) is 1. The number of halogens is 2. The van der Waals surface area contributed by atoms with Crippen LogP contribution in [0, 0.1) is 12.7 Å². The van der Waals surface area contributed by atoms with Crippen LogP contribution in [0.15, 0.2) is 34.8 Å². The van der Waals surface area contributed by atoms with E-state index in [0.29, 0.717) is 23.7 Å². The van der Waals surface area contributed by atoms with Crippen molar-refractivity contribution in [2.75, 3.05) is 19.5 Å². The van der Waals surface area contributed by atoms with Crippen LogP contribution >= 0.6 is 15.9 Å². The summed E-state index contributed by atoms with van der Waals surface area (Å²) in [5, 5.41) is 3.12. The normalized spacial score (nSPS) is 10.3. The van der Waals surface area contributed by atoms with Crippen LogP contribution in [0.3, 0.4) is 0 Å². The molecule has 0 aliphatic rings. The number of methoxy groups -OCH3 is 2. The fourth-order valence-electron chi connectivity index (χ4n) is 2.12. The zero-order valence-electron chi connectivity index (χ0n) is 12.2. The molecule has 0 radical (unpaired) electrons. The van der Waals surface area contributed by atoms with Gasteiger partial charge in [-0.1, -0.05) is 12.1 Å². The minimum Gasteiger partial charge on any atom is -0.493 e. The first-order chi connectivity index (χ1) is 10.1. The Labute approximate surface area is 132 Å². The zero-order valence-corrected chi connectivity index (χ0v) is 13.8. The van der Waals surface area contributed by atoms with Gasteiger partial charge in [0.05, 0.1) is 24.4 Å². The summed E-state index contributed by atoms with van der Waals surface area (Å²) in [7, 11) is 3.17. The Bertz CT molecular complexity index is 626. The molecule has 5 heteroatoms. The molecule has 0 aromatic heterocycles. The molecule has 0 unspecified atom stereocenters. The Morgan fingerprint density at radius 3 is 2.57 bits per heavy atom. The highest BCUT2D eigenvalue weighted by molar-refractivity contribution is 9.10. The molecule has 0 bridgehead atoms. The first-order valence-electron chi connectivity index (χ1n) is 6.46. The summed E-state index contributed by atoms with van der Waals surface area (Å²) in [6.07, 6.45) is 0. The lowest BCUT2D eigenvalue weighted by Crippen LogP contribution is -2.04. The Morgan fingerprint density at radius 2 is 1.95 bits per heavy atom. The Morgan fingerprint density at radius 1 is 1.19 bits per heavy atom. The maximum atomic E-state index is 13.8. The first kappa shape index (κ1) is 15.6. The number of hydrogen-bond donors (Lipinski definition) is 1. The van der Waals surface area contributed by atoms with E-state index in [2.05, 4.69) is 21.2 Å². The fourth-order valence-corrected chi connectivity index (χ4v) is 2.77. The van der Waals surface area contributed by atoms with E-state index in [1.165, 1.54) is 6.07 Å². The number of ether oxygens (including phenoxy) is 2. The summed E-state index contributed by atoms with van der Waals surface area (Å²) >= 11 is 3.45. The van der Waals surface area contributed by atoms with E-state index in [9.17, 15) is 4.39 Å². The third-order valence-corrected chi connectivity index (χ3v) is 3.77. The van der Waals surface area contributed by atoms with E-state index in [-0.39, 0.29) is 5.82 Å². The van der Waals surface area contributed by atoms with Gasteiger partial charge in [-0.3, -0.25) is 0 Å². The third-order valence-electron chi connectivity index (χ3n) is 3.18. The predicted octanol–water partition coefficient (Wildman–Crippen LogP) is 4.53. The predicted molar refractivity (Wildman–Crippen MR) is 85.7 cm³/mol. The summed E-state index contributed by atoms with van der Waals surface area (Å²) in [5.74, 6) is 1.02. The van der Waals surface area contributed by atoms with Crippen LogP contribution in [0.1, 0.15) is 11.1 Å². The Kier molecular flexibility index (Phi) is 5.07. The number of anilines is 1. The van der Waals surface area contributed by atoms with E-state index in [1.54, 1.807) is 20.3 Å². The monoisotopic (exact) mass is 353 g/mol. The molecule has 21 heavy (non-hydrogen) atoms. The number of rotatable bonds is 5. The van der Waals surface area contributed by atoms with Crippen LogP contribution in [0.5, 0.6) is 11.5 Å². The summed E-state index contributed by atoms with van der Waals surface area (Å²) in [6.45, 7) is 2.36. The summed E-state index contributed by atoms with van der Waals surface area (Å²) in [4.78, 5) is 0. The average molecular weight is 354 g/mol. The minimum atomic E-state index is -0.255. The van der Waals surface area contributed by atoms with Crippen LogP contribution in [0.4, 0.5) is 10.1 Å². The molecule has 0 saturated carbocycles. The maximum Gasteiger partial charge on any atom is 0.174 e. The Hall–Kier alpha value is -1.75. The van der Waals surface area contributed by atoms with E-state index in [0.717, 1.165) is 15.6 Å². The average Bonchev–Trinajstić information content (AvgIpc) is 2.46. The second-order valence-electron chi connectivity index (χ2n) is 4.60. The van der Waals surface area contributed by atoms with Crippen molar-refractivity contribution in [3.8, 4) is 11.5 Å². The van der Waals surface area contributed by atoms with Crippen molar-refractivity contribution in [3.05, 3.63) is 51.7 Å². The molecule has 3 nitrogen and oxygen atoms in total. The van der Waals surface area contributed by atoms with E-state index < -0.39 is 0 Å². The van der Waals surface area contributed by atoms with Crippen LogP contribution in [0.2, 0.25) is 0 Å². The SMILES string of the molecule is COc1cc(CNc2c(C)cccc2F)cc(Br)c1OC. The van der Waals surface area contributed by atoms with Gasteiger partial charge in [-0.05, 0) is 52.2 Å². The molecule has 2 rings (SSSR count). The number of para-hydroxylation sites is 1. The second kappa shape index (κ2) is 6.80. The molecular weight excluding hydrogens is 337 g/mol. The fraction of sp³-hybridized carbons (Fsp3) is 0.250. The van der Waals surface area contributed by atoms with Crippen molar-refractivity contribution in [2.45, 2.75) is 13.5 Å². The van der Waals surface area contributed by atoms with Crippen LogP contribution in [0.25, 0.3) is 0 Å². The molecule has 0 aliphatic carbocycles. The highest BCUT2D eigenvalue weighted by Crippen LogP contribution is 2.36. The topological polar surface area (TPSA) is 30.5 Å². The molecule has 0 fully saturated rings. The van der Waals surface area contributed by atoms with Gasteiger partial charge in [-0.15, -0.1) is 0 Å². The van der Waals surface area contributed by atoms with E-state index >= 15 is 0 Å². The maximum absolute atomic E-state index is 13.8. The molecule has 0 spiro atoms. The lowest BCUT2D eigenvalue weighted by molar-refractivity contribution is 0.352. The molecule has 0 aliphatic heterocycles. The van der Waals surface area contributed by atoms with Crippen LogP contribution in [-0.2, 0) is 6.54 Å². The molecule has 0 heterocycles. The van der Waals surface area contributed by atoms with Gasteiger partial charge in [0.25, 0.3) is 0 Å². The molecule has 2 aromatic rings. The van der Waals surface area contributed by atoms with Crippen LogP contribution in [-0.4, -0.2) is 14.2 Å². The second-order valence-corrected chi connectivity index (χ2v) is 5.45. The lowest BCUT2D eigenvalue weighted by Gasteiger charge is -2.14. The van der Waals surface area contributed by atoms with Crippen molar-refractivity contribution < 1.29 is 13.9 Å². The Balaban J connectivity index is 2.23. The van der Waals surface area contributed by atoms with Gasteiger partial charge in [-0.25, -0.2) is 4.39 Å². The smallest absolute Gasteiger partial charge is 0.174 e. The van der Waals surface area contributed by atoms with Crippen LogP contribution < -0.4 is 14.8 Å². The van der Waals surface area contributed by atoms with E-state index in [1.807, 2.05) is 25.1 Å². The number of aryl methyl sites for hydroxylation is 1. The molecule has 112 valence electrons. The molecule has 0 atom stereocenters. The zero-order chi connectivity index (χ0) is 15.4. The number of hydrogen-bond acceptors (Lipinski definition) is 3. The van der Waals surface area contributed by atoms with Gasteiger partial charge in [0.2, 0.25) is 0 Å². The van der Waals surface area contributed by atoms with Gasteiger partial charge in [-0.2, -0.15) is 0 Å². The van der Waals surface area contributed by atoms with Gasteiger partial charge in [0.1, 0.15) is 5.82 Å². The molecule has 0 amide bonds. The standard InChI is InChI=1S/C16H17BrFNO2/c1-10-5-4-6-13(18)15(10)19-9-11-7-12(17)16(21-3)14(8-11)20-2/h4-8,19H,9H2,1-3H3. The van der Waals surface area contributed by atoms with Crippen molar-refractivity contribution >= 4 is 21.6 Å². The minimum absolute atomic E-state index is 0.255. The summed E-state index contributed by atoms with van der Waals surface area (Å²) < 4.78 is 25.1. The molecule has 0 saturated heterocycles. The molecule has 1 N–H and O–H groups in total. The quantitative estimate of drug-likeness (QED) is 0.856. The van der Waals surface area contributed by atoms with E-state index in [4.69, 9.17) is 9.47 Å². The largest absolute Gasteiger partial charge is 0.493 e. The molecule has 2 aromatic carbocycles. The van der Waals surface area contributed by atoms with Crippen molar-refractivity contribution in [3.63, 3.8) is 0 Å². The van der Waals surface area contributed by atoms with Crippen molar-refractivity contribution in [1.82, 2.24) is 0 Å². The van der Waals surface area contributed by atoms with Gasteiger partial charge in [0.15, 0.2) is 11.5 Å². The van der Waals surface area contributed by atoms with Gasteiger partial charge in [0, 0.05) is 6.54 Å². The van der Waals surface area contributed by atoms with Gasteiger partial charge >= 0.3 is 0 Å².